The zero-order valence-electron chi connectivity index (χ0n) is 4.74. The molecule has 0 radical (unpaired) electrons. The molecule has 0 saturated carbocycles. The van der Waals surface area contributed by atoms with Crippen LogP contribution in [0.1, 0.15) is 0 Å². The van der Waals surface area contributed by atoms with Gasteiger partial charge in [-0.1, -0.05) is 5.16 Å². The second kappa shape index (κ2) is 2.30. The highest BCUT2D eigenvalue weighted by atomic mass is 16.6. The highest BCUT2D eigenvalue weighted by Gasteiger charge is 2.09. The Labute approximate surface area is 52.5 Å². The van der Waals surface area contributed by atoms with Gasteiger partial charge in [0.25, 0.3) is 0 Å². The standard InChI is InChI=1S/C5H7N3O/c6-5(7)4-2-1-3-8-9-4/h1-4H,(H3,6,7). The summed E-state index contributed by atoms with van der Waals surface area (Å²) in [5.74, 6) is -0.0249. The van der Waals surface area contributed by atoms with Gasteiger partial charge in [-0.2, -0.15) is 0 Å². The van der Waals surface area contributed by atoms with E-state index in [0.29, 0.717) is 0 Å². The molecule has 0 saturated heterocycles. The van der Waals surface area contributed by atoms with Crippen molar-refractivity contribution in [3.8, 4) is 0 Å². The van der Waals surface area contributed by atoms with Crippen LogP contribution in [-0.4, -0.2) is 18.2 Å². The maximum absolute atomic E-state index is 6.92. The smallest absolute Gasteiger partial charge is 0.202 e. The van der Waals surface area contributed by atoms with Gasteiger partial charge in [0, 0.05) is 0 Å². The van der Waals surface area contributed by atoms with Crippen LogP contribution in [0.15, 0.2) is 17.3 Å². The predicted octanol–water partition coefficient (Wildman–Crippen LogP) is -0.137. The second-order valence-electron chi connectivity index (χ2n) is 1.62. The Bertz CT molecular complexity index is 173. The molecule has 0 aromatic heterocycles. The van der Waals surface area contributed by atoms with E-state index in [2.05, 4.69) is 9.99 Å². The summed E-state index contributed by atoms with van der Waals surface area (Å²) >= 11 is 0. The van der Waals surface area contributed by atoms with Crippen molar-refractivity contribution in [3.63, 3.8) is 0 Å². The fourth-order valence-corrected chi connectivity index (χ4v) is 0.482. The molecule has 9 heavy (non-hydrogen) atoms. The van der Waals surface area contributed by atoms with E-state index in [1.807, 2.05) is 0 Å². The van der Waals surface area contributed by atoms with Gasteiger partial charge in [-0.25, -0.2) is 0 Å². The summed E-state index contributed by atoms with van der Waals surface area (Å²) in [6, 6.07) is 0. The van der Waals surface area contributed by atoms with Crippen molar-refractivity contribution in [1.29, 1.82) is 5.41 Å². The molecule has 4 heteroatoms. The van der Waals surface area contributed by atoms with Crippen molar-refractivity contribution in [2.45, 2.75) is 6.10 Å². The van der Waals surface area contributed by atoms with Crippen LogP contribution in [0.2, 0.25) is 0 Å². The van der Waals surface area contributed by atoms with Gasteiger partial charge in [-0.15, -0.1) is 0 Å². The summed E-state index contributed by atoms with van der Waals surface area (Å²) in [7, 11) is 0. The summed E-state index contributed by atoms with van der Waals surface area (Å²) < 4.78 is 0. The topological polar surface area (TPSA) is 71.5 Å². The number of nitrogens with one attached hydrogen (secondary N) is 1. The lowest BCUT2D eigenvalue weighted by molar-refractivity contribution is 0.134. The van der Waals surface area contributed by atoms with E-state index >= 15 is 0 Å². The molecule has 0 aromatic rings. The van der Waals surface area contributed by atoms with Crippen LogP contribution in [0, 0.1) is 5.41 Å². The fraction of sp³-hybridized carbons (Fsp3) is 0.200. The first-order chi connectivity index (χ1) is 4.30. The number of oxime groups is 1. The number of hydrogen-bond donors (Lipinski definition) is 2. The summed E-state index contributed by atoms with van der Waals surface area (Å²) in [5, 5.41) is 10.4. The third kappa shape index (κ3) is 1.28. The maximum Gasteiger partial charge on any atom is 0.202 e. The fourth-order valence-electron chi connectivity index (χ4n) is 0.482. The van der Waals surface area contributed by atoms with Gasteiger partial charge in [0.15, 0.2) is 0 Å². The summed E-state index contributed by atoms with van der Waals surface area (Å²) in [6.07, 6.45) is 4.39. The van der Waals surface area contributed by atoms with Crippen LogP contribution in [0.3, 0.4) is 0 Å². The summed E-state index contributed by atoms with van der Waals surface area (Å²) in [4.78, 5) is 4.67. The van der Waals surface area contributed by atoms with E-state index in [1.54, 1.807) is 12.2 Å². The monoisotopic (exact) mass is 125 g/mol. The molecule has 1 rings (SSSR count). The molecule has 0 amide bonds. The Morgan fingerprint density at radius 1 is 1.78 bits per heavy atom. The van der Waals surface area contributed by atoms with Gasteiger partial charge in [0.05, 0.1) is 6.21 Å². The highest BCUT2D eigenvalue weighted by molar-refractivity contribution is 5.85. The zero-order valence-corrected chi connectivity index (χ0v) is 4.74. The zero-order chi connectivity index (χ0) is 6.69. The Morgan fingerprint density at radius 3 is 2.89 bits per heavy atom. The number of nitrogens with two attached hydrogens (primary N) is 1. The van der Waals surface area contributed by atoms with Crippen molar-refractivity contribution < 1.29 is 4.84 Å². The number of amidine groups is 1. The Kier molecular flexibility index (Phi) is 1.48. The van der Waals surface area contributed by atoms with Crippen LogP contribution < -0.4 is 5.73 Å². The minimum absolute atomic E-state index is 0.0249. The molecular weight excluding hydrogens is 118 g/mol. The third-order valence-electron chi connectivity index (χ3n) is 0.914. The summed E-state index contributed by atoms with van der Waals surface area (Å²) in [5.41, 5.74) is 5.10. The second-order valence-corrected chi connectivity index (χ2v) is 1.62. The molecule has 0 fully saturated rings. The molecule has 0 bridgehead atoms. The van der Waals surface area contributed by atoms with E-state index in [1.165, 1.54) is 6.21 Å². The third-order valence-corrected chi connectivity index (χ3v) is 0.914. The van der Waals surface area contributed by atoms with Crippen LogP contribution >= 0.6 is 0 Å². The molecule has 48 valence electrons. The van der Waals surface area contributed by atoms with E-state index in [9.17, 15) is 0 Å². The average molecular weight is 125 g/mol. The van der Waals surface area contributed by atoms with Crippen molar-refractivity contribution in [2.24, 2.45) is 10.9 Å². The molecule has 1 heterocycles. The first-order valence-electron chi connectivity index (χ1n) is 2.50. The van der Waals surface area contributed by atoms with Crippen molar-refractivity contribution in [2.75, 3.05) is 0 Å². The SMILES string of the molecule is N=C(N)C1C=CC=NO1. The van der Waals surface area contributed by atoms with Crippen molar-refractivity contribution in [3.05, 3.63) is 12.2 Å². The molecule has 3 N–H and O–H groups in total. The Hall–Kier alpha value is -1.32. The number of hydrogen-bond acceptors (Lipinski definition) is 3. The molecule has 1 atom stereocenters. The Morgan fingerprint density at radius 2 is 2.56 bits per heavy atom. The van der Waals surface area contributed by atoms with E-state index in [-0.39, 0.29) is 5.84 Å². The molecule has 4 nitrogen and oxygen atoms in total. The predicted molar refractivity (Wildman–Crippen MR) is 34.4 cm³/mol. The number of rotatable bonds is 1. The molecule has 0 aliphatic carbocycles. The maximum atomic E-state index is 6.92. The number of allylic oxidation sites excluding steroid dienone is 1. The van der Waals surface area contributed by atoms with E-state index < -0.39 is 6.10 Å². The quantitative estimate of drug-likeness (QED) is 0.378. The first-order valence-corrected chi connectivity index (χ1v) is 2.50. The number of nitrogens with zero attached hydrogens (tertiary/aromatic N) is 1. The Balaban J connectivity index is 2.56. The lowest BCUT2D eigenvalue weighted by atomic mass is 10.3. The van der Waals surface area contributed by atoms with Gasteiger partial charge < -0.3 is 10.6 Å². The molecule has 0 spiro atoms. The molecule has 1 aliphatic heterocycles. The van der Waals surface area contributed by atoms with Crippen LogP contribution in [0.4, 0.5) is 0 Å². The highest BCUT2D eigenvalue weighted by Crippen LogP contribution is 1.97. The van der Waals surface area contributed by atoms with Gasteiger partial charge in [0.1, 0.15) is 5.84 Å². The molecule has 0 aromatic carbocycles. The van der Waals surface area contributed by atoms with Crippen molar-refractivity contribution in [1.82, 2.24) is 0 Å². The first kappa shape index (κ1) is 5.81. The average Bonchev–Trinajstić information content (AvgIpc) is 1.90. The van der Waals surface area contributed by atoms with Gasteiger partial charge in [-0.05, 0) is 12.2 Å². The van der Waals surface area contributed by atoms with Crippen molar-refractivity contribution >= 4 is 12.1 Å². The minimum Gasteiger partial charge on any atom is -0.384 e. The minimum atomic E-state index is -0.463. The molecule has 1 unspecified atom stereocenters. The van der Waals surface area contributed by atoms with E-state index in [0.717, 1.165) is 0 Å². The van der Waals surface area contributed by atoms with Gasteiger partial charge in [-0.3, -0.25) is 5.41 Å². The van der Waals surface area contributed by atoms with E-state index in [4.69, 9.17) is 11.1 Å². The molecule has 1 aliphatic rings. The van der Waals surface area contributed by atoms with Crippen LogP contribution in [-0.2, 0) is 4.84 Å². The lowest BCUT2D eigenvalue weighted by Gasteiger charge is -2.09. The van der Waals surface area contributed by atoms with Crippen LogP contribution in [0.5, 0.6) is 0 Å². The summed E-state index contributed by atoms with van der Waals surface area (Å²) in [6.45, 7) is 0. The lowest BCUT2D eigenvalue weighted by Crippen LogP contribution is -2.28. The van der Waals surface area contributed by atoms with Gasteiger partial charge in [0.2, 0.25) is 6.10 Å². The normalized spacial score (nSPS) is 23.3. The van der Waals surface area contributed by atoms with Gasteiger partial charge >= 0.3 is 0 Å². The molecular formula is C5H7N3O. The van der Waals surface area contributed by atoms with Crippen LogP contribution in [0.25, 0.3) is 0 Å². The largest absolute Gasteiger partial charge is 0.384 e.